The van der Waals surface area contributed by atoms with Crippen LogP contribution in [0.25, 0.3) is 16.3 Å². The highest BCUT2D eigenvalue weighted by atomic mass is 127. The molecular formula is C19H17IN2OS2. The van der Waals surface area contributed by atoms with E-state index in [4.69, 9.17) is 0 Å². The number of aryl methyl sites for hydroxylation is 1. The third-order valence-corrected chi connectivity index (χ3v) is 6.13. The molecule has 1 aliphatic rings. The first kappa shape index (κ1) is 18.4. The molecule has 1 aliphatic heterocycles. The second-order valence-corrected chi connectivity index (χ2v) is 7.55. The lowest BCUT2D eigenvalue weighted by Gasteiger charge is -2.16. The van der Waals surface area contributed by atoms with E-state index in [9.17, 15) is 4.79 Å². The zero-order chi connectivity index (χ0) is 16.5. The molecule has 1 fully saturated rings. The van der Waals surface area contributed by atoms with Crippen molar-refractivity contribution in [2.24, 2.45) is 0 Å². The van der Waals surface area contributed by atoms with E-state index in [1.54, 1.807) is 23.1 Å². The molecule has 0 radical (unpaired) electrons. The molecule has 6 heteroatoms. The van der Waals surface area contributed by atoms with Crippen LogP contribution in [-0.4, -0.2) is 11.7 Å². The van der Waals surface area contributed by atoms with E-state index in [2.05, 4.69) is 41.8 Å². The minimum absolute atomic E-state index is 0. The van der Waals surface area contributed by atoms with Crippen LogP contribution < -0.4 is 33.4 Å². The third-order valence-electron chi connectivity index (χ3n) is 4.03. The van der Waals surface area contributed by atoms with E-state index < -0.39 is 0 Å². The lowest BCUT2D eigenvalue weighted by molar-refractivity contribution is -0.665. The Balaban J connectivity index is 0.00000182. The Hall–Kier alpha value is -1.38. The van der Waals surface area contributed by atoms with Crippen molar-refractivity contribution in [3.05, 3.63) is 64.6 Å². The van der Waals surface area contributed by atoms with E-state index in [1.165, 1.54) is 15.2 Å². The van der Waals surface area contributed by atoms with Crippen molar-refractivity contribution in [3.63, 3.8) is 0 Å². The molecule has 0 unspecified atom stereocenters. The van der Waals surface area contributed by atoms with E-state index in [-0.39, 0.29) is 29.9 Å². The standard InChI is InChI=1S/C19H17N2OS2.HI/c1-2-20-15-10-6-7-11-16(15)24-18(20)12-19-21(17(22)13-23-19)14-8-4-3-5-9-14;/h3-12H,2,13H2,1H3;1H/q+1;/p-1. The molecule has 1 saturated heterocycles. The van der Waals surface area contributed by atoms with Gasteiger partial charge in [-0.15, -0.1) is 0 Å². The van der Waals surface area contributed by atoms with Crippen molar-refractivity contribution in [1.29, 1.82) is 0 Å². The molecule has 25 heavy (non-hydrogen) atoms. The van der Waals surface area contributed by atoms with Crippen LogP contribution in [0, 0.1) is 0 Å². The van der Waals surface area contributed by atoms with Crippen LogP contribution in [0.2, 0.25) is 0 Å². The van der Waals surface area contributed by atoms with Crippen LogP contribution in [0.15, 0.2) is 59.6 Å². The Labute approximate surface area is 172 Å². The van der Waals surface area contributed by atoms with Crippen molar-refractivity contribution in [2.45, 2.75) is 13.5 Å². The number of carbonyl (C=O) groups excluding carboxylic acids is 1. The average Bonchev–Trinajstić information content (AvgIpc) is 3.15. The van der Waals surface area contributed by atoms with Gasteiger partial charge in [0.15, 0.2) is 0 Å². The van der Waals surface area contributed by atoms with Crippen LogP contribution in [0.5, 0.6) is 0 Å². The molecule has 2 aromatic carbocycles. The van der Waals surface area contributed by atoms with Gasteiger partial charge in [-0.2, -0.15) is 4.57 Å². The number of para-hydroxylation sites is 2. The van der Waals surface area contributed by atoms with Gasteiger partial charge in [0.2, 0.25) is 11.4 Å². The van der Waals surface area contributed by atoms with Gasteiger partial charge >= 0.3 is 0 Å². The number of halogens is 1. The summed E-state index contributed by atoms with van der Waals surface area (Å²) in [5.41, 5.74) is 2.18. The monoisotopic (exact) mass is 480 g/mol. The topological polar surface area (TPSA) is 24.2 Å². The first-order valence-electron chi connectivity index (χ1n) is 7.92. The highest BCUT2D eigenvalue weighted by molar-refractivity contribution is 8.04. The summed E-state index contributed by atoms with van der Waals surface area (Å²) in [6.45, 7) is 3.07. The minimum Gasteiger partial charge on any atom is -1.00 e. The first-order chi connectivity index (χ1) is 11.8. The predicted molar refractivity (Wildman–Crippen MR) is 102 cm³/mol. The number of fused-ring (bicyclic) bond motifs is 1. The molecule has 0 atom stereocenters. The number of carbonyl (C=O) groups is 1. The smallest absolute Gasteiger partial charge is 0.265 e. The van der Waals surface area contributed by atoms with Gasteiger partial charge in [-0.05, 0) is 25.1 Å². The molecule has 0 aliphatic carbocycles. The molecule has 4 rings (SSSR count). The predicted octanol–water partition coefficient (Wildman–Crippen LogP) is 1.29. The summed E-state index contributed by atoms with van der Waals surface area (Å²) in [5.74, 6) is 0.638. The number of nitrogens with zero attached hydrogens (tertiary/aromatic N) is 2. The highest BCUT2D eigenvalue weighted by Crippen LogP contribution is 2.35. The molecular weight excluding hydrogens is 463 g/mol. The van der Waals surface area contributed by atoms with Crippen LogP contribution >= 0.6 is 23.1 Å². The Morgan fingerprint density at radius 1 is 1.12 bits per heavy atom. The second-order valence-electron chi connectivity index (χ2n) is 5.49. The quantitative estimate of drug-likeness (QED) is 0.417. The van der Waals surface area contributed by atoms with Crippen LogP contribution in [0.1, 0.15) is 11.9 Å². The van der Waals surface area contributed by atoms with Gasteiger partial charge in [-0.3, -0.25) is 9.69 Å². The fourth-order valence-electron chi connectivity index (χ4n) is 2.93. The van der Waals surface area contributed by atoms with Crippen molar-refractivity contribution in [3.8, 4) is 0 Å². The largest absolute Gasteiger partial charge is 1.00 e. The maximum Gasteiger partial charge on any atom is 0.265 e. The summed E-state index contributed by atoms with van der Waals surface area (Å²) < 4.78 is 3.58. The third kappa shape index (κ3) is 3.47. The fourth-order valence-corrected chi connectivity index (χ4v) is 5.10. The number of rotatable bonds is 3. The summed E-state index contributed by atoms with van der Waals surface area (Å²) in [6.07, 6.45) is 2.15. The maximum atomic E-state index is 12.4. The van der Waals surface area contributed by atoms with Crippen molar-refractivity contribution >= 4 is 51.0 Å². The number of benzene rings is 2. The van der Waals surface area contributed by atoms with Crippen LogP contribution in [0.3, 0.4) is 0 Å². The number of anilines is 1. The van der Waals surface area contributed by atoms with Gasteiger partial charge < -0.3 is 24.0 Å². The Morgan fingerprint density at radius 3 is 2.60 bits per heavy atom. The van der Waals surface area contributed by atoms with Crippen molar-refractivity contribution in [1.82, 2.24) is 0 Å². The summed E-state index contributed by atoms with van der Waals surface area (Å²) in [5, 5.41) is 2.18. The number of hydrogen-bond acceptors (Lipinski definition) is 3. The van der Waals surface area contributed by atoms with E-state index in [0.29, 0.717) is 5.75 Å². The Bertz CT molecular complexity index is 937. The minimum atomic E-state index is 0. The number of thiazole rings is 1. The van der Waals surface area contributed by atoms with E-state index >= 15 is 0 Å². The summed E-state index contributed by atoms with van der Waals surface area (Å²) >= 11 is 3.38. The van der Waals surface area contributed by atoms with Gasteiger partial charge in [0, 0.05) is 11.8 Å². The second kappa shape index (κ2) is 7.88. The summed E-state index contributed by atoms with van der Waals surface area (Å²) in [7, 11) is 0. The molecule has 128 valence electrons. The van der Waals surface area contributed by atoms with Crippen LogP contribution in [-0.2, 0) is 11.3 Å². The molecule has 3 nitrogen and oxygen atoms in total. The van der Waals surface area contributed by atoms with Crippen molar-refractivity contribution < 1.29 is 33.3 Å². The molecule has 0 spiro atoms. The molecule has 0 saturated carbocycles. The maximum absolute atomic E-state index is 12.4. The lowest BCUT2D eigenvalue weighted by atomic mass is 10.3. The Morgan fingerprint density at radius 2 is 1.84 bits per heavy atom. The zero-order valence-corrected chi connectivity index (χ0v) is 17.5. The molecule has 0 bridgehead atoms. The van der Waals surface area contributed by atoms with E-state index in [1.807, 2.05) is 35.2 Å². The lowest BCUT2D eigenvalue weighted by Crippen LogP contribution is -3.00. The van der Waals surface area contributed by atoms with Gasteiger partial charge in [-0.25, -0.2) is 0 Å². The molecule has 1 aromatic heterocycles. The van der Waals surface area contributed by atoms with Crippen molar-refractivity contribution in [2.75, 3.05) is 10.7 Å². The molecule has 0 N–H and O–H groups in total. The molecule has 3 aromatic rings. The molecule has 2 heterocycles. The Kier molecular flexibility index (Phi) is 5.81. The average molecular weight is 480 g/mol. The number of amides is 1. The van der Waals surface area contributed by atoms with Gasteiger partial charge in [0.1, 0.15) is 11.2 Å². The normalized spacial score (nSPS) is 15.8. The van der Waals surface area contributed by atoms with Crippen LogP contribution in [0.4, 0.5) is 5.69 Å². The molecule has 1 amide bonds. The fraction of sp³-hybridized carbons (Fsp3) is 0.158. The van der Waals surface area contributed by atoms with Gasteiger partial charge in [-0.1, -0.05) is 53.4 Å². The number of hydrogen-bond donors (Lipinski definition) is 0. The van der Waals surface area contributed by atoms with Gasteiger partial charge in [0.25, 0.3) is 5.01 Å². The zero-order valence-electron chi connectivity index (χ0n) is 13.7. The first-order valence-corrected chi connectivity index (χ1v) is 9.72. The van der Waals surface area contributed by atoms with E-state index in [0.717, 1.165) is 17.3 Å². The number of thioether (sulfide) groups is 1. The number of aromatic nitrogens is 1. The summed E-state index contributed by atoms with van der Waals surface area (Å²) in [4.78, 5) is 14.2. The van der Waals surface area contributed by atoms with Gasteiger partial charge in [0.05, 0.1) is 16.9 Å². The summed E-state index contributed by atoms with van der Waals surface area (Å²) in [6, 6.07) is 18.3. The highest BCUT2D eigenvalue weighted by Gasteiger charge is 2.29. The SMILES string of the molecule is CC[n+]1c(/C=C2\SCC(=O)N2c2ccccc2)sc2ccccc21.[I-].